The Balaban J connectivity index is 2.71. The molecule has 2 heteroatoms. The third-order valence-corrected chi connectivity index (χ3v) is 2.76. The molecule has 0 atom stereocenters. The monoisotopic (exact) mass is 208 g/mol. The highest BCUT2D eigenvalue weighted by Crippen LogP contribution is 2.29. The Hall–Kier alpha value is -0.890. The van der Waals surface area contributed by atoms with E-state index in [1.807, 2.05) is 24.3 Å². The van der Waals surface area contributed by atoms with E-state index in [0.29, 0.717) is 13.0 Å². The van der Waals surface area contributed by atoms with E-state index in [1.165, 1.54) is 0 Å². The zero-order chi connectivity index (χ0) is 11.1. The summed E-state index contributed by atoms with van der Waals surface area (Å²) in [5.74, 6) is 0.276. The largest absolute Gasteiger partial charge is 0.383 e. The average Bonchev–Trinajstić information content (AvgIpc) is 2.27. The van der Waals surface area contributed by atoms with Crippen molar-refractivity contribution < 1.29 is 9.53 Å². The Morgan fingerprint density at radius 2 is 2.07 bits per heavy atom. The van der Waals surface area contributed by atoms with Gasteiger partial charge in [-0.25, -0.2) is 0 Å². The average molecular weight is 208 g/mol. The van der Waals surface area contributed by atoms with Crippen LogP contribution in [-0.2, 0) is 9.53 Å². The first-order valence-electron chi connectivity index (χ1n) is 5.63. The standard InChI is InChI=1S/C13H20O2/c1-3-4-8-12(14)13(11-15-2)9-6-5-7-10-13/h6-7,9-10H,3-5,8,11H2,1-2H3. The molecule has 2 nitrogen and oxygen atoms in total. The number of methoxy groups -OCH3 is 1. The zero-order valence-electron chi connectivity index (χ0n) is 9.66. The van der Waals surface area contributed by atoms with Gasteiger partial charge in [0.2, 0.25) is 0 Å². The third kappa shape index (κ3) is 3.03. The topological polar surface area (TPSA) is 26.3 Å². The quantitative estimate of drug-likeness (QED) is 0.627. The molecule has 0 amide bonds. The first-order chi connectivity index (χ1) is 7.25. The summed E-state index contributed by atoms with van der Waals surface area (Å²) >= 11 is 0. The maximum Gasteiger partial charge on any atom is 0.148 e. The predicted octanol–water partition coefficient (Wildman–Crippen LogP) is 2.89. The highest BCUT2D eigenvalue weighted by molar-refractivity contribution is 5.89. The van der Waals surface area contributed by atoms with Crippen LogP contribution in [0.3, 0.4) is 0 Å². The summed E-state index contributed by atoms with van der Waals surface area (Å²) in [6.07, 6.45) is 11.7. The first kappa shape index (κ1) is 12.2. The number of ether oxygens (including phenoxy) is 1. The molecule has 0 aromatic rings. The van der Waals surface area contributed by atoms with Gasteiger partial charge in [0, 0.05) is 13.5 Å². The van der Waals surface area contributed by atoms with Crippen molar-refractivity contribution in [3.05, 3.63) is 24.3 Å². The fraction of sp³-hybridized carbons (Fsp3) is 0.615. The molecule has 0 N–H and O–H groups in total. The molecule has 0 aliphatic heterocycles. The fourth-order valence-electron chi connectivity index (χ4n) is 1.86. The lowest BCUT2D eigenvalue weighted by Gasteiger charge is -2.26. The van der Waals surface area contributed by atoms with Gasteiger partial charge in [-0.05, 0) is 12.8 Å². The van der Waals surface area contributed by atoms with Crippen molar-refractivity contribution >= 4 is 5.78 Å². The number of ketones is 1. The van der Waals surface area contributed by atoms with Crippen molar-refractivity contribution in [3.8, 4) is 0 Å². The van der Waals surface area contributed by atoms with Crippen LogP contribution in [0.15, 0.2) is 24.3 Å². The van der Waals surface area contributed by atoms with E-state index >= 15 is 0 Å². The van der Waals surface area contributed by atoms with Crippen molar-refractivity contribution in [1.82, 2.24) is 0 Å². The van der Waals surface area contributed by atoms with Crippen LogP contribution >= 0.6 is 0 Å². The third-order valence-electron chi connectivity index (χ3n) is 2.76. The molecule has 0 saturated heterocycles. The Kier molecular flexibility index (Phi) is 4.76. The van der Waals surface area contributed by atoms with Crippen molar-refractivity contribution in [2.75, 3.05) is 13.7 Å². The van der Waals surface area contributed by atoms with Crippen molar-refractivity contribution in [3.63, 3.8) is 0 Å². The highest BCUT2D eigenvalue weighted by Gasteiger charge is 2.32. The van der Waals surface area contributed by atoms with Gasteiger partial charge in [0.1, 0.15) is 5.78 Å². The minimum absolute atomic E-state index is 0.276. The van der Waals surface area contributed by atoms with Gasteiger partial charge in [-0.1, -0.05) is 37.6 Å². The number of allylic oxidation sites excluding steroid dienone is 2. The highest BCUT2D eigenvalue weighted by atomic mass is 16.5. The Labute approximate surface area is 92.0 Å². The summed E-state index contributed by atoms with van der Waals surface area (Å²) < 4.78 is 5.16. The summed E-state index contributed by atoms with van der Waals surface area (Å²) in [4.78, 5) is 12.1. The zero-order valence-corrected chi connectivity index (χ0v) is 9.66. The van der Waals surface area contributed by atoms with Crippen LogP contribution in [0.1, 0.15) is 32.6 Å². The summed E-state index contributed by atoms with van der Waals surface area (Å²) in [6, 6.07) is 0. The van der Waals surface area contributed by atoms with Gasteiger partial charge in [-0.2, -0.15) is 0 Å². The van der Waals surface area contributed by atoms with Gasteiger partial charge < -0.3 is 4.74 Å². The van der Waals surface area contributed by atoms with Crippen LogP contribution in [-0.4, -0.2) is 19.5 Å². The predicted molar refractivity (Wildman–Crippen MR) is 61.7 cm³/mol. The summed E-state index contributed by atoms with van der Waals surface area (Å²) in [5.41, 5.74) is -0.484. The molecule has 0 aromatic heterocycles. The first-order valence-corrected chi connectivity index (χ1v) is 5.63. The number of hydrogen-bond donors (Lipinski definition) is 0. The Bertz CT molecular complexity index is 252. The SMILES string of the molecule is CCCCC(=O)C1(COC)C=CCC=C1. The second-order valence-electron chi connectivity index (χ2n) is 4.04. The summed E-state index contributed by atoms with van der Waals surface area (Å²) in [7, 11) is 1.64. The molecule has 0 heterocycles. The smallest absolute Gasteiger partial charge is 0.148 e. The number of Topliss-reactive ketones (excluding diaryl/α,β-unsaturated/α-hetero) is 1. The van der Waals surface area contributed by atoms with Crippen LogP contribution < -0.4 is 0 Å². The molecule has 15 heavy (non-hydrogen) atoms. The number of unbranched alkanes of at least 4 members (excludes halogenated alkanes) is 1. The second kappa shape index (κ2) is 5.86. The lowest BCUT2D eigenvalue weighted by Crippen LogP contribution is -2.32. The van der Waals surface area contributed by atoms with Crippen molar-refractivity contribution in [1.29, 1.82) is 0 Å². The molecule has 84 valence electrons. The maximum absolute atomic E-state index is 12.1. The van der Waals surface area contributed by atoms with Crippen molar-refractivity contribution in [2.45, 2.75) is 32.6 Å². The van der Waals surface area contributed by atoms with E-state index in [1.54, 1.807) is 7.11 Å². The molecule has 1 rings (SSSR count). The minimum Gasteiger partial charge on any atom is -0.383 e. The lowest BCUT2D eigenvalue weighted by atomic mass is 9.79. The molecule has 0 radical (unpaired) electrons. The second-order valence-corrected chi connectivity index (χ2v) is 4.04. The van der Waals surface area contributed by atoms with E-state index in [4.69, 9.17) is 4.74 Å². The number of hydrogen-bond acceptors (Lipinski definition) is 2. The van der Waals surface area contributed by atoms with E-state index in [9.17, 15) is 4.79 Å². The molecular weight excluding hydrogens is 188 g/mol. The summed E-state index contributed by atoms with van der Waals surface area (Å²) in [5, 5.41) is 0. The lowest BCUT2D eigenvalue weighted by molar-refractivity contribution is -0.126. The minimum atomic E-state index is -0.484. The van der Waals surface area contributed by atoms with Gasteiger partial charge in [0.25, 0.3) is 0 Å². The van der Waals surface area contributed by atoms with Crippen LogP contribution in [0.2, 0.25) is 0 Å². The van der Waals surface area contributed by atoms with Gasteiger partial charge in [-0.3, -0.25) is 4.79 Å². The molecule has 0 spiro atoms. The fourth-order valence-corrected chi connectivity index (χ4v) is 1.86. The molecule has 1 aliphatic carbocycles. The van der Waals surface area contributed by atoms with E-state index < -0.39 is 5.41 Å². The van der Waals surface area contributed by atoms with Gasteiger partial charge >= 0.3 is 0 Å². The van der Waals surface area contributed by atoms with Gasteiger partial charge in [0.15, 0.2) is 0 Å². The van der Waals surface area contributed by atoms with E-state index in [-0.39, 0.29) is 5.78 Å². The van der Waals surface area contributed by atoms with Crippen LogP contribution in [0.25, 0.3) is 0 Å². The van der Waals surface area contributed by atoms with E-state index in [0.717, 1.165) is 19.3 Å². The molecule has 0 unspecified atom stereocenters. The molecule has 1 aliphatic rings. The number of carbonyl (C=O) groups is 1. The summed E-state index contributed by atoms with van der Waals surface area (Å²) in [6.45, 7) is 2.56. The van der Waals surface area contributed by atoms with Crippen LogP contribution in [0, 0.1) is 5.41 Å². The molecular formula is C13H20O2. The van der Waals surface area contributed by atoms with Crippen LogP contribution in [0.4, 0.5) is 0 Å². The van der Waals surface area contributed by atoms with Crippen molar-refractivity contribution in [2.24, 2.45) is 5.41 Å². The molecule has 0 saturated carbocycles. The van der Waals surface area contributed by atoms with Gasteiger partial charge in [-0.15, -0.1) is 0 Å². The molecule has 0 bridgehead atoms. The Morgan fingerprint density at radius 3 is 2.60 bits per heavy atom. The molecule has 0 aromatic carbocycles. The van der Waals surface area contributed by atoms with E-state index in [2.05, 4.69) is 6.92 Å². The Morgan fingerprint density at radius 1 is 1.40 bits per heavy atom. The van der Waals surface area contributed by atoms with Gasteiger partial charge in [0.05, 0.1) is 12.0 Å². The number of carbonyl (C=O) groups excluding carboxylic acids is 1. The normalized spacial score (nSPS) is 18.0. The maximum atomic E-state index is 12.1. The van der Waals surface area contributed by atoms with Crippen LogP contribution in [0.5, 0.6) is 0 Å². The number of rotatable bonds is 6. The molecule has 0 fully saturated rings.